The van der Waals surface area contributed by atoms with Gasteiger partial charge in [0.2, 0.25) is 0 Å². The molecule has 192 valence electrons. The molecule has 1 aliphatic rings. The molecule has 0 radical (unpaired) electrons. The molecule has 5 rings (SSSR count). The Morgan fingerprint density at radius 1 is 1.00 bits per heavy atom. The summed E-state index contributed by atoms with van der Waals surface area (Å²) in [6.45, 7) is 3.83. The van der Waals surface area contributed by atoms with E-state index in [1.54, 1.807) is 18.2 Å². The quantitative estimate of drug-likeness (QED) is 0.284. The van der Waals surface area contributed by atoms with Crippen LogP contribution in [0.4, 0.5) is 5.69 Å². The fourth-order valence-corrected chi connectivity index (χ4v) is 4.75. The van der Waals surface area contributed by atoms with E-state index in [4.69, 9.17) is 16.3 Å². The van der Waals surface area contributed by atoms with Gasteiger partial charge in [-0.3, -0.25) is 4.79 Å². The molecule has 7 heteroatoms. The van der Waals surface area contributed by atoms with Crippen LogP contribution in [0, 0.1) is 0 Å². The van der Waals surface area contributed by atoms with Crippen molar-refractivity contribution < 1.29 is 19.4 Å². The Kier molecular flexibility index (Phi) is 7.33. The smallest absolute Gasteiger partial charge is 0.336 e. The van der Waals surface area contributed by atoms with Crippen LogP contribution >= 0.6 is 11.6 Å². The van der Waals surface area contributed by atoms with E-state index in [0.29, 0.717) is 35.1 Å². The zero-order chi connectivity index (χ0) is 26.6. The third kappa shape index (κ3) is 5.50. The number of fused-ring (bicyclic) bond motifs is 1. The number of amides is 1. The van der Waals surface area contributed by atoms with Crippen molar-refractivity contribution >= 4 is 29.2 Å². The van der Waals surface area contributed by atoms with Gasteiger partial charge in [0.05, 0.1) is 23.8 Å². The molecule has 0 fully saturated rings. The van der Waals surface area contributed by atoms with Crippen LogP contribution in [-0.4, -0.2) is 30.1 Å². The van der Waals surface area contributed by atoms with Gasteiger partial charge in [0, 0.05) is 17.1 Å². The summed E-state index contributed by atoms with van der Waals surface area (Å²) in [7, 11) is 0. The van der Waals surface area contributed by atoms with Gasteiger partial charge in [0.1, 0.15) is 12.4 Å². The van der Waals surface area contributed by atoms with Gasteiger partial charge >= 0.3 is 5.97 Å². The first-order chi connectivity index (χ1) is 18.4. The number of hydrogen-bond donors (Lipinski definition) is 2. The molecular formula is C31H27ClN2O4. The standard InChI is InChI=1S/C31H27ClN2O4/c1-20(22-10-13-25(32)14-11-22)33-30(35)24-12-15-28-29(18-24)38-17-16-34(28)19-21-6-8-23(9-7-21)26-4-2-3-5-27(26)31(36)37/h2-15,18,20H,16-17,19H2,1H3,(H,33,35)(H,36,37). The summed E-state index contributed by atoms with van der Waals surface area (Å²) in [4.78, 5) is 26.7. The van der Waals surface area contributed by atoms with Gasteiger partial charge in [0.15, 0.2) is 0 Å². The number of nitrogens with zero attached hydrogens (tertiary/aromatic N) is 1. The second kappa shape index (κ2) is 11.0. The number of rotatable bonds is 7. The van der Waals surface area contributed by atoms with Gasteiger partial charge in [-0.15, -0.1) is 0 Å². The number of benzene rings is 4. The summed E-state index contributed by atoms with van der Waals surface area (Å²) in [5, 5.41) is 13.2. The third-order valence-electron chi connectivity index (χ3n) is 6.69. The van der Waals surface area contributed by atoms with Crippen molar-refractivity contribution in [2.24, 2.45) is 0 Å². The minimum absolute atomic E-state index is 0.168. The average Bonchev–Trinajstić information content (AvgIpc) is 2.93. The Morgan fingerprint density at radius 3 is 2.47 bits per heavy atom. The summed E-state index contributed by atoms with van der Waals surface area (Å²) in [6, 6.07) is 27.7. The van der Waals surface area contributed by atoms with Crippen LogP contribution in [0.3, 0.4) is 0 Å². The van der Waals surface area contributed by atoms with E-state index in [1.807, 2.05) is 79.7 Å². The highest BCUT2D eigenvalue weighted by atomic mass is 35.5. The summed E-state index contributed by atoms with van der Waals surface area (Å²) in [6.07, 6.45) is 0. The van der Waals surface area contributed by atoms with Crippen molar-refractivity contribution in [3.05, 3.63) is 118 Å². The van der Waals surface area contributed by atoms with E-state index in [1.165, 1.54) is 0 Å². The Labute approximate surface area is 226 Å². The molecule has 1 atom stereocenters. The molecule has 1 heterocycles. The molecule has 38 heavy (non-hydrogen) atoms. The maximum Gasteiger partial charge on any atom is 0.336 e. The summed E-state index contributed by atoms with van der Waals surface area (Å²) < 4.78 is 5.91. The fraction of sp³-hybridized carbons (Fsp3) is 0.161. The summed E-state index contributed by atoms with van der Waals surface area (Å²) >= 11 is 5.97. The second-order valence-corrected chi connectivity index (χ2v) is 9.68. The number of ether oxygens (including phenoxy) is 1. The number of nitrogens with one attached hydrogen (secondary N) is 1. The largest absolute Gasteiger partial charge is 0.490 e. The van der Waals surface area contributed by atoms with E-state index >= 15 is 0 Å². The first-order valence-corrected chi connectivity index (χ1v) is 12.8. The number of carbonyl (C=O) groups is 2. The maximum absolute atomic E-state index is 12.9. The first kappa shape index (κ1) is 25.4. The Balaban J connectivity index is 1.29. The molecule has 1 unspecified atom stereocenters. The number of anilines is 1. The average molecular weight is 527 g/mol. The third-order valence-corrected chi connectivity index (χ3v) is 6.95. The number of carboxylic acids is 1. The van der Waals surface area contributed by atoms with Gasteiger partial charge in [-0.25, -0.2) is 4.79 Å². The van der Waals surface area contributed by atoms with Gasteiger partial charge in [-0.2, -0.15) is 0 Å². The van der Waals surface area contributed by atoms with Crippen molar-refractivity contribution in [3.8, 4) is 16.9 Å². The van der Waals surface area contributed by atoms with Crippen LogP contribution in [0.5, 0.6) is 5.75 Å². The number of carbonyl (C=O) groups excluding carboxylic acids is 1. The molecular weight excluding hydrogens is 500 g/mol. The number of halogens is 1. The van der Waals surface area contributed by atoms with Crippen molar-refractivity contribution in [1.29, 1.82) is 0 Å². The predicted octanol–water partition coefficient (Wildman–Crippen LogP) is 6.60. The maximum atomic E-state index is 12.9. The first-order valence-electron chi connectivity index (χ1n) is 12.4. The van der Waals surface area contributed by atoms with E-state index in [9.17, 15) is 14.7 Å². The van der Waals surface area contributed by atoms with Crippen LogP contribution in [0.1, 0.15) is 44.8 Å². The van der Waals surface area contributed by atoms with E-state index in [0.717, 1.165) is 28.9 Å². The lowest BCUT2D eigenvalue weighted by atomic mass is 9.98. The molecule has 1 aliphatic heterocycles. The molecule has 4 aromatic carbocycles. The highest BCUT2D eigenvalue weighted by molar-refractivity contribution is 6.30. The van der Waals surface area contributed by atoms with Gasteiger partial charge < -0.3 is 20.1 Å². The van der Waals surface area contributed by atoms with Crippen LogP contribution in [-0.2, 0) is 6.54 Å². The Morgan fingerprint density at radius 2 is 1.74 bits per heavy atom. The molecule has 0 spiro atoms. The Bertz CT molecular complexity index is 1470. The molecule has 0 saturated heterocycles. The van der Waals surface area contributed by atoms with E-state index < -0.39 is 5.97 Å². The minimum Gasteiger partial charge on any atom is -0.490 e. The molecule has 6 nitrogen and oxygen atoms in total. The molecule has 0 bridgehead atoms. The van der Waals surface area contributed by atoms with Crippen LogP contribution in [0.25, 0.3) is 11.1 Å². The van der Waals surface area contributed by atoms with Crippen molar-refractivity contribution in [2.75, 3.05) is 18.1 Å². The Hall–Kier alpha value is -4.29. The number of aromatic carboxylic acids is 1. The van der Waals surface area contributed by atoms with Crippen LogP contribution in [0.15, 0.2) is 91.0 Å². The SMILES string of the molecule is CC(NC(=O)c1ccc2c(c1)OCCN2Cc1ccc(-c2ccccc2C(=O)O)cc1)c1ccc(Cl)cc1. The minimum atomic E-state index is -0.943. The molecule has 1 amide bonds. The highest BCUT2D eigenvalue weighted by Gasteiger charge is 2.21. The topological polar surface area (TPSA) is 78.9 Å². The second-order valence-electron chi connectivity index (χ2n) is 9.25. The zero-order valence-corrected chi connectivity index (χ0v) is 21.6. The van der Waals surface area contributed by atoms with Gasteiger partial charge in [-0.1, -0.05) is 66.2 Å². The van der Waals surface area contributed by atoms with Crippen molar-refractivity contribution in [2.45, 2.75) is 19.5 Å². The summed E-state index contributed by atoms with van der Waals surface area (Å²) in [5.74, 6) is -0.439. The molecule has 0 aliphatic carbocycles. The van der Waals surface area contributed by atoms with E-state index in [-0.39, 0.29) is 17.5 Å². The van der Waals surface area contributed by atoms with Gasteiger partial charge in [-0.05, 0) is 65.6 Å². The highest BCUT2D eigenvalue weighted by Crippen LogP contribution is 2.34. The number of hydrogen-bond acceptors (Lipinski definition) is 4. The molecule has 4 aromatic rings. The van der Waals surface area contributed by atoms with E-state index in [2.05, 4.69) is 10.2 Å². The van der Waals surface area contributed by atoms with Crippen molar-refractivity contribution in [1.82, 2.24) is 5.32 Å². The molecule has 0 aromatic heterocycles. The van der Waals surface area contributed by atoms with Gasteiger partial charge in [0.25, 0.3) is 5.91 Å². The van der Waals surface area contributed by atoms with Crippen LogP contribution in [0.2, 0.25) is 5.02 Å². The lowest BCUT2D eigenvalue weighted by Crippen LogP contribution is -2.32. The summed E-state index contributed by atoms with van der Waals surface area (Å²) in [5.41, 5.74) is 5.36. The number of carboxylic acid groups (broad SMARTS) is 1. The lowest BCUT2D eigenvalue weighted by Gasteiger charge is -2.31. The predicted molar refractivity (Wildman–Crippen MR) is 149 cm³/mol. The monoisotopic (exact) mass is 526 g/mol. The molecule has 2 N–H and O–H groups in total. The fourth-order valence-electron chi connectivity index (χ4n) is 4.63. The lowest BCUT2D eigenvalue weighted by molar-refractivity contribution is 0.0697. The van der Waals surface area contributed by atoms with Crippen molar-refractivity contribution in [3.63, 3.8) is 0 Å². The normalized spacial score (nSPS) is 13.3. The van der Waals surface area contributed by atoms with Crippen LogP contribution < -0.4 is 15.0 Å². The zero-order valence-electron chi connectivity index (χ0n) is 20.9. The molecule has 0 saturated carbocycles.